The van der Waals surface area contributed by atoms with Gasteiger partial charge in [-0.25, -0.2) is 14.6 Å². The molecule has 2 aliphatic rings. The summed E-state index contributed by atoms with van der Waals surface area (Å²) < 4.78 is 9.09. The maximum absolute atomic E-state index is 12.9. The van der Waals surface area contributed by atoms with Crippen LogP contribution < -0.4 is 10.6 Å². The van der Waals surface area contributed by atoms with E-state index in [2.05, 4.69) is 25.7 Å². The number of anilines is 1. The summed E-state index contributed by atoms with van der Waals surface area (Å²) in [4.78, 5) is 34.6. The number of aromatic nitrogens is 3. The van der Waals surface area contributed by atoms with Gasteiger partial charge in [0, 0.05) is 45.2 Å². The third-order valence-corrected chi connectivity index (χ3v) is 6.67. The SMILES string of the molecule is Cn1c(=O)n(CC(C)(C)C)c2ccc(N3CCCC4(CCN(C(=O)OC(C)(C)C)C4)C3)nc21. The van der Waals surface area contributed by atoms with Crippen LogP contribution in [0, 0.1) is 10.8 Å². The Hall–Kier alpha value is -2.51. The summed E-state index contributed by atoms with van der Waals surface area (Å²) in [5, 5.41) is 0. The van der Waals surface area contributed by atoms with Crippen molar-refractivity contribution in [3.8, 4) is 0 Å². The second-order valence-corrected chi connectivity index (χ2v) is 12.2. The third kappa shape index (κ3) is 4.89. The Morgan fingerprint density at radius 1 is 1.09 bits per heavy atom. The summed E-state index contributed by atoms with van der Waals surface area (Å²) >= 11 is 0. The van der Waals surface area contributed by atoms with E-state index in [0.29, 0.717) is 6.54 Å². The molecule has 0 aromatic carbocycles. The lowest BCUT2D eigenvalue weighted by Crippen LogP contribution is -2.46. The molecule has 1 spiro atoms. The van der Waals surface area contributed by atoms with Crippen molar-refractivity contribution in [2.75, 3.05) is 31.1 Å². The first-order chi connectivity index (χ1) is 15.3. The van der Waals surface area contributed by atoms with E-state index in [1.54, 1.807) is 11.6 Å². The second kappa shape index (κ2) is 8.06. The smallest absolute Gasteiger partial charge is 0.410 e. The van der Waals surface area contributed by atoms with Crippen LogP contribution in [0.1, 0.15) is 60.8 Å². The predicted octanol–water partition coefficient (Wildman–Crippen LogP) is 4.01. The molecule has 2 fully saturated rings. The van der Waals surface area contributed by atoms with Crippen LogP contribution in [0.25, 0.3) is 11.2 Å². The minimum Gasteiger partial charge on any atom is -0.444 e. The van der Waals surface area contributed by atoms with Crippen molar-refractivity contribution in [3.05, 3.63) is 22.6 Å². The zero-order valence-corrected chi connectivity index (χ0v) is 21.3. The van der Waals surface area contributed by atoms with Crippen LogP contribution in [-0.2, 0) is 18.3 Å². The molecule has 4 heterocycles. The van der Waals surface area contributed by atoms with Gasteiger partial charge in [-0.2, -0.15) is 0 Å². The van der Waals surface area contributed by atoms with Crippen LogP contribution in [0.4, 0.5) is 10.6 Å². The number of aryl methyl sites for hydroxylation is 1. The summed E-state index contributed by atoms with van der Waals surface area (Å²) in [5.41, 5.74) is 1.16. The largest absolute Gasteiger partial charge is 0.444 e. The number of fused-ring (bicyclic) bond motifs is 1. The van der Waals surface area contributed by atoms with Gasteiger partial charge in [0.05, 0.1) is 5.52 Å². The van der Waals surface area contributed by atoms with Gasteiger partial charge in [0.25, 0.3) is 0 Å². The van der Waals surface area contributed by atoms with Crippen molar-refractivity contribution < 1.29 is 9.53 Å². The molecule has 2 saturated heterocycles. The first-order valence-corrected chi connectivity index (χ1v) is 12.1. The van der Waals surface area contributed by atoms with Crippen molar-refractivity contribution in [3.63, 3.8) is 0 Å². The molecule has 0 radical (unpaired) electrons. The lowest BCUT2D eigenvalue weighted by Gasteiger charge is -2.41. The Kier molecular flexibility index (Phi) is 5.78. The van der Waals surface area contributed by atoms with Crippen molar-refractivity contribution in [2.24, 2.45) is 17.9 Å². The number of ether oxygens (including phenoxy) is 1. The number of likely N-dealkylation sites (tertiary alicyclic amines) is 1. The van der Waals surface area contributed by atoms with E-state index >= 15 is 0 Å². The van der Waals surface area contributed by atoms with Crippen LogP contribution in [0.3, 0.4) is 0 Å². The molecule has 2 aromatic rings. The van der Waals surface area contributed by atoms with Crippen LogP contribution >= 0.6 is 0 Å². The monoisotopic (exact) mass is 457 g/mol. The number of carbonyl (C=O) groups excluding carboxylic acids is 1. The Labute approximate surface area is 196 Å². The van der Waals surface area contributed by atoms with Crippen molar-refractivity contribution in [1.29, 1.82) is 0 Å². The lowest BCUT2D eigenvalue weighted by molar-refractivity contribution is 0.0269. The maximum Gasteiger partial charge on any atom is 0.410 e. The summed E-state index contributed by atoms with van der Waals surface area (Å²) in [5.74, 6) is 0.904. The molecule has 0 bridgehead atoms. The molecule has 1 unspecified atom stereocenters. The first kappa shape index (κ1) is 23.6. The van der Waals surface area contributed by atoms with Gasteiger partial charge in [-0.15, -0.1) is 0 Å². The Bertz CT molecular complexity index is 1100. The van der Waals surface area contributed by atoms with Gasteiger partial charge in [-0.05, 0) is 57.6 Å². The topological polar surface area (TPSA) is 72.6 Å². The van der Waals surface area contributed by atoms with E-state index in [-0.39, 0.29) is 22.6 Å². The summed E-state index contributed by atoms with van der Waals surface area (Å²) in [6.45, 7) is 16.0. The van der Waals surface area contributed by atoms with Crippen LogP contribution in [0.2, 0.25) is 0 Å². The predicted molar refractivity (Wildman–Crippen MR) is 131 cm³/mol. The normalized spacial score (nSPS) is 21.9. The molecule has 182 valence electrons. The number of amides is 1. The average molecular weight is 458 g/mol. The van der Waals surface area contributed by atoms with E-state index in [1.807, 2.05) is 42.4 Å². The number of hydrogen-bond acceptors (Lipinski definition) is 5. The van der Waals surface area contributed by atoms with E-state index < -0.39 is 5.60 Å². The molecule has 2 aliphatic heterocycles. The van der Waals surface area contributed by atoms with Gasteiger partial charge in [-0.3, -0.25) is 9.13 Å². The minimum atomic E-state index is -0.482. The molecule has 8 heteroatoms. The fourth-order valence-electron chi connectivity index (χ4n) is 5.22. The highest BCUT2D eigenvalue weighted by molar-refractivity contribution is 5.74. The summed E-state index contributed by atoms with van der Waals surface area (Å²) in [6, 6.07) is 4.08. The Morgan fingerprint density at radius 2 is 1.82 bits per heavy atom. The molecule has 8 nitrogen and oxygen atoms in total. The number of piperidine rings is 1. The van der Waals surface area contributed by atoms with Gasteiger partial charge < -0.3 is 14.5 Å². The van der Waals surface area contributed by atoms with Crippen LogP contribution in [0.15, 0.2) is 16.9 Å². The average Bonchev–Trinajstić information content (AvgIpc) is 3.21. The maximum atomic E-state index is 12.9. The van der Waals surface area contributed by atoms with Crippen molar-refractivity contribution in [1.82, 2.24) is 19.0 Å². The van der Waals surface area contributed by atoms with Crippen molar-refractivity contribution >= 4 is 23.1 Å². The van der Waals surface area contributed by atoms with Crippen LogP contribution in [-0.4, -0.2) is 56.9 Å². The van der Waals surface area contributed by atoms with Gasteiger partial charge in [0.15, 0.2) is 5.65 Å². The fourth-order valence-corrected chi connectivity index (χ4v) is 5.22. The summed E-state index contributed by atoms with van der Waals surface area (Å²) in [6.07, 6.45) is 2.93. The fraction of sp³-hybridized carbons (Fsp3) is 0.720. The quantitative estimate of drug-likeness (QED) is 0.681. The van der Waals surface area contributed by atoms with Gasteiger partial charge >= 0.3 is 11.8 Å². The molecule has 2 aromatic heterocycles. The number of nitrogens with zero attached hydrogens (tertiary/aromatic N) is 5. The van der Waals surface area contributed by atoms with Crippen molar-refractivity contribution in [2.45, 2.75) is 73.0 Å². The molecular formula is C25H39N5O3. The standard InChI is InChI=1S/C25H39N5O3/c1-23(2,3)15-30-18-9-10-19(26-20(18)27(7)21(30)31)28-13-8-11-25(16-28)12-14-29(17-25)22(32)33-24(4,5)6/h9-10H,8,11-17H2,1-7H3. The molecule has 1 amide bonds. The number of rotatable bonds is 2. The first-order valence-electron chi connectivity index (χ1n) is 12.1. The highest BCUT2D eigenvalue weighted by Gasteiger charge is 2.44. The molecule has 0 saturated carbocycles. The molecule has 0 aliphatic carbocycles. The number of pyridine rings is 1. The van der Waals surface area contributed by atoms with E-state index in [0.717, 1.165) is 62.4 Å². The van der Waals surface area contributed by atoms with Gasteiger partial charge in [-0.1, -0.05) is 20.8 Å². The molecule has 1 atom stereocenters. The third-order valence-electron chi connectivity index (χ3n) is 6.67. The summed E-state index contributed by atoms with van der Waals surface area (Å²) in [7, 11) is 1.80. The van der Waals surface area contributed by atoms with E-state index in [4.69, 9.17) is 9.72 Å². The molecule has 4 rings (SSSR count). The van der Waals surface area contributed by atoms with E-state index in [1.165, 1.54) is 0 Å². The lowest BCUT2D eigenvalue weighted by atomic mass is 9.79. The molecule has 33 heavy (non-hydrogen) atoms. The Balaban J connectivity index is 1.55. The highest BCUT2D eigenvalue weighted by atomic mass is 16.6. The van der Waals surface area contributed by atoms with Crippen LogP contribution in [0.5, 0.6) is 0 Å². The molecule has 0 N–H and O–H groups in total. The number of imidazole rings is 1. The van der Waals surface area contributed by atoms with Gasteiger partial charge in [0.1, 0.15) is 11.4 Å². The molecular weight excluding hydrogens is 418 g/mol. The van der Waals surface area contributed by atoms with Gasteiger partial charge in [0.2, 0.25) is 0 Å². The number of hydrogen-bond donors (Lipinski definition) is 0. The van der Waals surface area contributed by atoms with E-state index in [9.17, 15) is 9.59 Å². The Morgan fingerprint density at radius 3 is 2.48 bits per heavy atom. The second-order valence-electron chi connectivity index (χ2n) is 12.2. The zero-order chi connectivity index (χ0) is 24.2. The minimum absolute atomic E-state index is 0.00147. The zero-order valence-electron chi connectivity index (χ0n) is 21.3. The highest BCUT2D eigenvalue weighted by Crippen LogP contribution is 2.40. The number of carbonyl (C=O) groups is 1.